The molecule has 0 radical (unpaired) electrons. The van der Waals surface area contributed by atoms with Gasteiger partial charge in [-0.3, -0.25) is 14.4 Å². The van der Waals surface area contributed by atoms with Crippen molar-refractivity contribution >= 4 is 34.9 Å². The quantitative estimate of drug-likeness (QED) is 0.346. The monoisotopic (exact) mass is 472 g/mol. The minimum Gasteiger partial charge on any atom is -0.431 e. The van der Waals surface area contributed by atoms with E-state index in [1.165, 1.54) is 24.4 Å². The van der Waals surface area contributed by atoms with Gasteiger partial charge < -0.3 is 9.73 Å². The number of hydrogen-bond donors (Lipinski definition) is 1. The van der Waals surface area contributed by atoms with Crippen molar-refractivity contribution < 1.29 is 23.2 Å². The third kappa shape index (κ3) is 4.04. The summed E-state index contributed by atoms with van der Waals surface area (Å²) in [6, 6.07) is 17.2. The van der Waals surface area contributed by atoms with Crippen molar-refractivity contribution in [3.63, 3.8) is 0 Å². The van der Waals surface area contributed by atoms with E-state index in [0.717, 1.165) is 11.8 Å². The molecule has 0 spiro atoms. The topological polar surface area (TPSA) is 89.3 Å². The summed E-state index contributed by atoms with van der Waals surface area (Å²) in [5.41, 5.74) is 2.40. The van der Waals surface area contributed by atoms with Gasteiger partial charge in [-0.15, -0.1) is 0 Å². The highest BCUT2D eigenvalue weighted by molar-refractivity contribution is 8.00. The number of halogens is 1. The molecule has 34 heavy (non-hydrogen) atoms. The van der Waals surface area contributed by atoms with Gasteiger partial charge in [0.2, 0.25) is 5.91 Å². The van der Waals surface area contributed by atoms with E-state index in [2.05, 4.69) is 10.3 Å². The van der Waals surface area contributed by atoms with Gasteiger partial charge in [0.1, 0.15) is 5.82 Å². The molecule has 1 aromatic heterocycles. The Morgan fingerprint density at radius 1 is 0.941 bits per heavy atom. The predicted molar refractivity (Wildman–Crippen MR) is 126 cm³/mol. The number of carbonyl (C=O) groups excluding carboxylic acids is 3. The molecule has 1 aliphatic carbocycles. The molecule has 5 rings (SSSR count). The summed E-state index contributed by atoms with van der Waals surface area (Å²) in [5.74, 6) is -0.667. The minimum absolute atomic E-state index is 0.215. The standard InChI is InChI=1S/C26H17FN2O4S/c1-14(34-26-28-13-22(33-26)15-6-8-16(27)9-7-15)25(32)29-17-10-11-20-21(12-17)24(31)19-5-3-2-4-18(19)23(20)30/h2-14H,1H3,(H,29,32). The smallest absolute Gasteiger partial charge is 0.256 e. The van der Waals surface area contributed by atoms with Gasteiger partial charge in [0.05, 0.1) is 11.4 Å². The molecular formula is C26H17FN2O4S. The zero-order valence-corrected chi connectivity index (χ0v) is 18.7. The molecule has 0 fully saturated rings. The van der Waals surface area contributed by atoms with E-state index in [-0.39, 0.29) is 28.9 Å². The summed E-state index contributed by atoms with van der Waals surface area (Å²) >= 11 is 1.13. The van der Waals surface area contributed by atoms with Gasteiger partial charge >= 0.3 is 0 Å². The second-order valence-electron chi connectivity index (χ2n) is 7.71. The largest absolute Gasteiger partial charge is 0.431 e. The fourth-order valence-corrected chi connectivity index (χ4v) is 4.41. The molecule has 1 atom stereocenters. The van der Waals surface area contributed by atoms with Crippen LogP contribution in [0.15, 0.2) is 82.6 Å². The van der Waals surface area contributed by atoms with Gasteiger partial charge in [0.25, 0.3) is 5.22 Å². The average Bonchev–Trinajstić information content (AvgIpc) is 3.31. The molecule has 1 amide bonds. The van der Waals surface area contributed by atoms with Crippen LogP contribution in [0.4, 0.5) is 10.1 Å². The summed E-state index contributed by atoms with van der Waals surface area (Å²) in [5, 5.41) is 2.52. The number of oxazole rings is 1. The summed E-state index contributed by atoms with van der Waals surface area (Å²) in [7, 11) is 0. The lowest BCUT2D eigenvalue weighted by molar-refractivity contribution is -0.115. The van der Waals surface area contributed by atoms with Crippen LogP contribution in [0.2, 0.25) is 0 Å². The summed E-state index contributed by atoms with van der Waals surface area (Å²) in [6.45, 7) is 1.70. The van der Waals surface area contributed by atoms with Crippen LogP contribution >= 0.6 is 11.8 Å². The van der Waals surface area contributed by atoms with Crippen LogP contribution in [-0.2, 0) is 4.79 Å². The number of aromatic nitrogens is 1. The number of nitrogens with one attached hydrogen (secondary N) is 1. The Morgan fingerprint density at radius 3 is 2.29 bits per heavy atom. The Balaban J connectivity index is 1.29. The molecular weight excluding hydrogens is 455 g/mol. The number of anilines is 1. The molecule has 1 heterocycles. The van der Waals surface area contributed by atoms with Gasteiger partial charge in [-0.25, -0.2) is 9.37 Å². The van der Waals surface area contributed by atoms with Crippen molar-refractivity contribution in [2.24, 2.45) is 0 Å². The number of ketones is 2. The lowest BCUT2D eigenvalue weighted by Gasteiger charge is -2.18. The maximum atomic E-state index is 13.1. The molecule has 0 saturated heterocycles. The first-order chi connectivity index (χ1) is 16.4. The first-order valence-corrected chi connectivity index (χ1v) is 11.3. The second-order valence-corrected chi connectivity index (χ2v) is 9.00. The first kappa shape index (κ1) is 21.8. The zero-order chi connectivity index (χ0) is 23.8. The lowest BCUT2D eigenvalue weighted by atomic mass is 9.84. The molecule has 0 saturated carbocycles. The van der Waals surface area contributed by atoms with Crippen LogP contribution in [0.25, 0.3) is 11.3 Å². The van der Waals surface area contributed by atoms with Gasteiger partial charge in [-0.2, -0.15) is 0 Å². The number of hydrogen-bond acceptors (Lipinski definition) is 6. The van der Waals surface area contributed by atoms with Crippen LogP contribution in [0.3, 0.4) is 0 Å². The molecule has 1 N–H and O–H groups in total. The molecule has 1 unspecified atom stereocenters. The fraction of sp³-hybridized carbons (Fsp3) is 0.0769. The minimum atomic E-state index is -0.561. The van der Waals surface area contributed by atoms with E-state index < -0.39 is 5.25 Å². The number of amides is 1. The van der Waals surface area contributed by atoms with Gasteiger partial charge in [0.15, 0.2) is 17.3 Å². The Labute approximate surface area is 198 Å². The number of benzene rings is 3. The summed E-state index contributed by atoms with van der Waals surface area (Å²) in [6.07, 6.45) is 1.52. The molecule has 6 nitrogen and oxygen atoms in total. The molecule has 0 bridgehead atoms. The molecule has 1 aliphatic rings. The Kier molecular flexibility index (Phi) is 5.59. The normalized spacial score (nSPS) is 13.2. The Bertz CT molecular complexity index is 1450. The lowest BCUT2D eigenvalue weighted by Crippen LogP contribution is -2.24. The van der Waals surface area contributed by atoms with Crippen molar-refractivity contribution in [2.75, 3.05) is 5.32 Å². The Hall–Kier alpha value is -4.04. The van der Waals surface area contributed by atoms with Crippen LogP contribution in [0, 0.1) is 5.82 Å². The summed E-state index contributed by atoms with van der Waals surface area (Å²) < 4.78 is 18.8. The number of nitrogens with zero attached hydrogens (tertiary/aromatic N) is 1. The van der Waals surface area contributed by atoms with E-state index >= 15 is 0 Å². The van der Waals surface area contributed by atoms with Crippen LogP contribution in [0.1, 0.15) is 38.8 Å². The van der Waals surface area contributed by atoms with Gasteiger partial charge in [-0.05, 0) is 49.4 Å². The van der Waals surface area contributed by atoms with Crippen molar-refractivity contribution in [1.29, 1.82) is 0 Å². The van der Waals surface area contributed by atoms with E-state index in [0.29, 0.717) is 38.9 Å². The first-order valence-electron chi connectivity index (χ1n) is 10.4. The predicted octanol–water partition coefficient (Wildman–Crippen LogP) is 5.38. The van der Waals surface area contributed by atoms with Crippen LogP contribution in [-0.4, -0.2) is 27.7 Å². The zero-order valence-electron chi connectivity index (χ0n) is 17.9. The van der Waals surface area contributed by atoms with Crippen molar-refractivity contribution in [3.8, 4) is 11.3 Å². The van der Waals surface area contributed by atoms with E-state index in [1.807, 2.05) is 0 Å². The van der Waals surface area contributed by atoms with Crippen LogP contribution < -0.4 is 5.32 Å². The third-order valence-electron chi connectivity index (χ3n) is 5.45. The highest BCUT2D eigenvalue weighted by Gasteiger charge is 2.29. The highest BCUT2D eigenvalue weighted by atomic mass is 32.2. The van der Waals surface area contributed by atoms with Gasteiger partial charge in [0, 0.05) is 33.5 Å². The second kappa shape index (κ2) is 8.72. The highest BCUT2D eigenvalue weighted by Crippen LogP contribution is 2.31. The molecule has 8 heteroatoms. The molecule has 168 valence electrons. The average molecular weight is 472 g/mol. The number of rotatable bonds is 5. The maximum Gasteiger partial charge on any atom is 0.256 e. The van der Waals surface area contributed by atoms with Crippen molar-refractivity contribution in [3.05, 3.63) is 101 Å². The molecule has 3 aromatic carbocycles. The van der Waals surface area contributed by atoms with Crippen molar-refractivity contribution in [2.45, 2.75) is 17.4 Å². The number of carbonyl (C=O) groups is 3. The Morgan fingerprint density at radius 2 is 1.59 bits per heavy atom. The van der Waals surface area contributed by atoms with Crippen LogP contribution in [0.5, 0.6) is 0 Å². The third-order valence-corrected chi connectivity index (χ3v) is 6.41. The molecule has 0 aliphatic heterocycles. The SMILES string of the molecule is CC(Sc1ncc(-c2ccc(F)cc2)o1)C(=O)Nc1ccc2c(c1)C(=O)c1ccccc1C2=O. The maximum absolute atomic E-state index is 13.1. The van der Waals surface area contributed by atoms with E-state index in [4.69, 9.17) is 4.42 Å². The number of fused-ring (bicyclic) bond motifs is 2. The number of thioether (sulfide) groups is 1. The van der Waals surface area contributed by atoms with E-state index in [9.17, 15) is 18.8 Å². The summed E-state index contributed by atoms with van der Waals surface area (Å²) in [4.78, 5) is 42.6. The van der Waals surface area contributed by atoms with Gasteiger partial charge in [-0.1, -0.05) is 36.0 Å². The van der Waals surface area contributed by atoms with Crippen molar-refractivity contribution in [1.82, 2.24) is 4.98 Å². The molecule has 4 aromatic rings. The van der Waals surface area contributed by atoms with E-state index in [1.54, 1.807) is 55.5 Å². The fourth-order valence-electron chi connectivity index (χ4n) is 3.69.